The van der Waals surface area contributed by atoms with Gasteiger partial charge in [0.1, 0.15) is 0 Å². The Bertz CT molecular complexity index is 333. The zero-order valence-corrected chi connectivity index (χ0v) is 13.2. The van der Waals surface area contributed by atoms with Gasteiger partial charge in [0.05, 0.1) is 0 Å². The molecule has 0 heterocycles. The zero-order chi connectivity index (χ0) is 14.6. The molecule has 0 aromatic carbocycles. The molecular weight excluding hydrogens is 260 g/mol. The fraction of sp³-hybridized carbons (Fsp3) is 0.846. The van der Waals surface area contributed by atoms with E-state index in [-0.39, 0.29) is 17.9 Å². The zero-order valence-electron chi connectivity index (χ0n) is 12.2. The van der Waals surface area contributed by atoms with E-state index in [0.717, 1.165) is 31.7 Å². The highest BCUT2D eigenvalue weighted by Crippen LogP contribution is 2.28. The Kier molecular flexibility index (Phi) is 5.40. The van der Waals surface area contributed by atoms with Crippen LogP contribution in [0.1, 0.15) is 25.7 Å². The van der Waals surface area contributed by atoms with Gasteiger partial charge in [-0.1, -0.05) is 19.6 Å². The van der Waals surface area contributed by atoms with E-state index >= 15 is 0 Å². The molecule has 1 aliphatic rings. The summed E-state index contributed by atoms with van der Waals surface area (Å²) in [4.78, 5) is 24.1. The minimum Gasteiger partial charge on any atom is -0.465 e. The van der Waals surface area contributed by atoms with Crippen molar-refractivity contribution in [3.8, 4) is 0 Å². The highest BCUT2D eigenvalue weighted by molar-refractivity contribution is 6.76. The van der Waals surface area contributed by atoms with Crippen LogP contribution in [0, 0.1) is 5.92 Å². The van der Waals surface area contributed by atoms with E-state index in [9.17, 15) is 14.7 Å². The molecule has 0 radical (unpaired) electrons. The van der Waals surface area contributed by atoms with Crippen LogP contribution in [0.3, 0.4) is 0 Å². The maximum atomic E-state index is 11.4. The average Bonchev–Trinajstić information content (AvgIpc) is 2.27. The summed E-state index contributed by atoms with van der Waals surface area (Å²) in [6.45, 7) is 7.36. The summed E-state index contributed by atoms with van der Waals surface area (Å²) in [5.41, 5.74) is 5.30. The lowest BCUT2D eigenvalue weighted by Crippen LogP contribution is -2.44. The Balaban J connectivity index is 2.54. The normalized spacial score (nSPS) is 23.9. The van der Waals surface area contributed by atoms with Gasteiger partial charge in [0.25, 0.3) is 0 Å². The highest BCUT2D eigenvalue weighted by Gasteiger charge is 2.31. The predicted molar refractivity (Wildman–Crippen MR) is 77.8 cm³/mol. The first-order chi connectivity index (χ1) is 8.70. The lowest BCUT2D eigenvalue weighted by Gasteiger charge is -2.35. The summed E-state index contributed by atoms with van der Waals surface area (Å²) in [7, 11) is -1.24. The van der Waals surface area contributed by atoms with E-state index in [1.165, 1.54) is 0 Å². The molecule has 3 N–H and O–H groups in total. The van der Waals surface area contributed by atoms with E-state index in [1.807, 2.05) is 0 Å². The lowest BCUT2D eigenvalue weighted by molar-refractivity contribution is -0.123. The molecule has 1 saturated carbocycles. The van der Waals surface area contributed by atoms with Gasteiger partial charge in [0.2, 0.25) is 5.91 Å². The van der Waals surface area contributed by atoms with Crippen LogP contribution in [0.2, 0.25) is 25.7 Å². The number of amides is 2. The minimum atomic E-state index is -1.24. The summed E-state index contributed by atoms with van der Waals surface area (Å²) >= 11 is 0. The van der Waals surface area contributed by atoms with Crippen molar-refractivity contribution in [2.24, 2.45) is 11.7 Å². The predicted octanol–water partition coefficient (Wildman–Crippen LogP) is 2.35. The Labute approximate surface area is 116 Å². The molecule has 0 atom stereocenters. The molecule has 2 amide bonds. The number of primary amides is 1. The molecule has 6 heteroatoms. The molecule has 0 bridgehead atoms. The molecule has 5 nitrogen and oxygen atoms in total. The van der Waals surface area contributed by atoms with Gasteiger partial charge < -0.3 is 15.7 Å². The van der Waals surface area contributed by atoms with Crippen LogP contribution in [-0.2, 0) is 4.79 Å². The van der Waals surface area contributed by atoms with E-state index in [2.05, 4.69) is 19.6 Å². The van der Waals surface area contributed by atoms with Gasteiger partial charge in [0, 0.05) is 26.6 Å². The van der Waals surface area contributed by atoms with E-state index in [1.54, 1.807) is 4.90 Å². The third-order valence-electron chi connectivity index (χ3n) is 3.89. The summed E-state index contributed by atoms with van der Waals surface area (Å²) in [6.07, 6.45) is 2.12. The van der Waals surface area contributed by atoms with Crippen molar-refractivity contribution in [2.75, 3.05) is 6.54 Å². The van der Waals surface area contributed by atoms with Gasteiger partial charge in [0.15, 0.2) is 0 Å². The van der Waals surface area contributed by atoms with E-state index in [0.29, 0.717) is 6.54 Å². The number of hydrogen-bond donors (Lipinski definition) is 2. The summed E-state index contributed by atoms with van der Waals surface area (Å²) < 4.78 is 0. The quantitative estimate of drug-likeness (QED) is 0.761. The van der Waals surface area contributed by atoms with Gasteiger partial charge in [-0.3, -0.25) is 4.79 Å². The van der Waals surface area contributed by atoms with Gasteiger partial charge in [-0.2, -0.15) is 0 Å². The van der Waals surface area contributed by atoms with Crippen LogP contribution in [0.4, 0.5) is 4.79 Å². The number of carbonyl (C=O) groups is 2. The molecule has 0 unspecified atom stereocenters. The largest absolute Gasteiger partial charge is 0.465 e. The first kappa shape index (κ1) is 16.0. The number of carboxylic acid groups (broad SMARTS) is 1. The minimum absolute atomic E-state index is 0.0597. The van der Waals surface area contributed by atoms with Crippen molar-refractivity contribution in [2.45, 2.75) is 57.4 Å². The molecule has 0 aliphatic heterocycles. The second-order valence-corrected chi connectivity index (χ2v) is 12.3. The average molecular weight is 286 g/mol. The van der Waals surface area contributed by atoms with Crippen LogP contribution >= 0.6 is 0 Å². The van der Waals surface area contributed by atoms with Gasteiger partial charge in [-0.15, -0.1) is 0 Å². The van der Waals surface area contributed by atoms with Crippen LogP contribution in [-0.4, -0.2) is 42.7 Å². The SMILES string of the molecule is C[Si](C)(C)CCN(C(=O)O)C1CCC(C(N)=O)CC1. The van der Waals surface area contributed by atoms with Crippen molar-refractivity contribution >= 4 is 20.1 Å². The number of nitrogens with two attached hydrogens (primary N) is 1. The van der Waals surface area contributed by atoms with Crippen molar-refractivity contribution < 1.29 is 14.7 Å². The monoisotopic (exact) mass is 286 g/mol. The second kappa shape index (κ2) is 6.41. The molecule has 19 heavy (non-hydrogen) atoms. The Morgan fingerprint density at radius 2 is 1.74 bits per heavy atom. The molecule has 0 spiro atoms. The summed E-state index contributed by atoms with van der Waals surface area (Å²) in [5.74, 6) is -0.314. The maximum Gasteiger partial charge on any atom is 0.407 e. The number of carbonyl (C=O) groups excluding carboxylic acids is 1. The molecular formula is C13H26N2O3Si. The third kappa shape index (κ3) is 5.22. The third-order valence-corrected chi connectivity index (χ3v) is 5.61. The molecule has 0 aromatic rings. The standard InChI is InChI=1S/C13H26N2O3Si/c1-19(2,3)9-8-15(13(17)18)11-6-4-10(5-7-11)12(14)16/h10-11H,4-9H2,1-3H3,(H2,14,16)(H,17,18). The molecule has 0 aromatic heterocycles. The van der Waals surface area contributed by atoms with Crippen LogP contribution < -0.4 is 5.73 Å². The van der Waals surface area contributed by atoms with Crippen molar-refractivity contribution in [1.82, 2.24) is 4.90 Å². The second-order valence-electron chi connectivity index (χ2n) is 6.69. The van der Waals surface area contributed by atoms with Gasteiger partial charge in [-0.25, -0.2) is 4.79 Å². The molecule has 0 saturated heterocycles. The van der Waals surface area contributed by atoms with Crippen LogP contribution in [0.5, 0.6) is 0 Å². The van der Waals surface area contributed by atoms with Crippen molar-refractivity contribution in [1.29, 1.82) is 0 Å². The molecule has 110 valence electrons. The number of nitrogens with zero attached hydrogens (tertiary/aromatic N) is 1. The van der Waals surface area contributed by atoms with Crippen LogP contribution in [0.15, 0.2) is 0 Å². The lowest BCUT2D eigenvalue weighted by atomic mass is 9.85. The topological polar surface area (TPSA) is 83.6 Å². The molecule has 1 rings (SSSR count). The number of rotatable bonds is 5. The molecule has 1 fully saturated rings. The Morgan fingerprint density at radius 3 is 2.11 bits per heavy atom. The maximum absolute atomic E-state index is 11.4. The highest BCUT2D eigenvalue weighted by atomic mass is 28.3. The van der Waals surface area contributed by atoms with Crippen molar-refractivity contribution in [3.63, 3.8) is 0 Å². The fourth-order valence-electron chi connectivity index (χ4n) is 2.56. The van der Waals surface area contributed by atoms with Crippen LogP contribution in [0.25, 0.3) is 0 Å². The van der Waals surface area contributed by atoms with E-state index < -0.39 is 14.2 Å². The molecule has 1 aliphatic carbocycles. The van der Waals surface area contributed by atoms with Crippen molar-refractivity contribution in [3.05, 3.63) is 0 Å². The fourth-order valence-corrected chi connectivity index (χ4v) is 3.47. The first-order valence-electron chi connectivity index (χ1n) is 6.99. The Morgan fingerprint density at radius 1 is 1.21 bits per heavy atom. The smallest absolute Gasteiger partial charge is 0.407 e. The van der Waals surface area contributed by atoms with Gasteiger partial charge >= 0.3 is 6.09 Å². The number of hydrogen-bond acceptors (Lipinski definition) is 2. The summed E-state index contributed by atoms with van der Waals surface area (Å²) in [6, 6.07) is 1.04. The summed E-state index contributed by atoms with van der Waals surface area (Å²) in [5, 5.41) is 9.35. The Hall–Kier alpha value is -1.04. The van der Waals surface area contributed by atoms with E-state index in [4.69, 9.17) is 5.73 Å². The first-order valence-corrected chi connectivity index (χ1v) is 10.7. The van der Waals surface area contributed by atoms with Gasteiger partial charge in [-0.05, 0) is 31.7 Å².